The minimum absolute atomic E-state index is 0.0117. The molecule has 0 unspecified atom stereocenters. The van der Waals surface area contributed by atoms with Gasteiger partial charge in [0.2, 0.25) is 5.71 Å². The Morgan fingerprint density at radius 1 is 1.17 bits per heavy atom. The van der Waals surface area contributed by atoms with E-state index in [1.165, 1.54) is 0 Å². The molecule has 0 aliphatic carbocycles. The first-order valence-electron chi connectivity index (χ1n) is 11.2. The highest BCUT2D eigenvalue weighted by Crippen LogP contribution is 2.26. The third-order valence-electron chi connectivity index (χ3n) is 5.46. The Morgan fingerprint density at radius 3 is 2.79 bits per heavy atom. The highest BCUT2D eigenvalue weighted by Gasteiger charge is 2.30. The van der Waals surface area contributed by atoms with Gasteiger partial charge in [-0.3, -0.25) is 4.81 Å². The number of anilines is 1. The Morgan fingerprint density at radius 2 is 2.00 bits per heavy atom. The zero-order chi connectivity index (χ0) is 22.6. The Hall–Kier alpha value is -3.34. The molecule has 1 aliphatic heterocycles. The van der Waals surface area contributed by atoms with E-state index in [0.29, 0.717) is 16.8 Å². The lowest BCUT2D eigenvalue weighted by Gasteiger charge is -2.20. The molecular formula is C24H23BN3O+. The maximum absolute atomic E-state index is 8.07. The SMILES string of the molecule is [2H]C([2H])([2H])c1c[n+](C)c(N2C=c3c(oc4nc(C)ccc34)=CB2C)cc1-c1ccccc1. The summed E-state index contributed by atoms with van der Waals surface area (Å²) in [6.45, 7) is 1.83. The highest BCUT2D eigenvalue weighted by molar-refractivity contribution is 6.76. The number of pyridine rings is 2. The molecule has 0 atom stereocenters. The van der Waals surface area contributed by atoms with Crippen molar-refractivity contribution in [2.75, 3.05) is 4.81 Å². The number of rotatable bonds is 2. The van der Waals surface area contributed by atoms with Crippen molar-refractivity contribution in [3.8, 4) is 11.1 Å². The van der Waals surface area contributed by atoms with E-state index in [9.17, 15) is 0 Å². The molecule has 29 heavy (non-hydrogen) atoms. The lowest BCUT2D eigenvalue weighted by atomic mass is 9.62. The molecule has 4 heterocycles. The number of furan rings is 1. The van der Waals surface area contributed by atoms with Crippen molar-refractivity contribution in [1.29, 1.82) is 0 Å². The monoisotopic (exact) mass is 383 g/mol. The lowest BCUT2D eigenvalue weighted by Crippen LogP contribution is -2.47. The van der Waals surface area contributed by atoms with Crippen LogP contribution in [0.2, 0.25) is 6.82 Å². The van der Waals surface area contributed by atoms with E-state index < -0.39 is 6.85 Å². The van der Waals surface area contributed by atoms with Crippen LogP contribution >= 0.6 is 0 Å². The van der Waals surface area contributed by atoms with Gasteiger partial charge in [-0.2, -0.15) is 0 Å². The Kier molecular flexibility index (Phi) is 3.34. The fourth-order valence-electron chi connectivity index (χ4n) is 3.95. The van der Waals surface area contributed by atoms with Crippen LogP contribution in [0.15, 0.2) is 59.1 Å². The molecule has 4 nitrogen and oxygen atoms in total. The second-order valence-corrected chi connectivity index (χ2v) is 7.56. The van der Waals surface area contributed by atoms with Crippen molar-refractivity contribution in [3.63, 3.8) is 0 Å². The molecule has 5 rings (SSSR count). The maximum Gasteiger partial charge on any atom is 0.405 e. The molecule has 0 saturated carbocycles. The van der Waals surface area contributed by atoms with Gasteiger partial charge in [-0.05, 0) is 55.4 Å². The number of hydrogen-bond donors (Lipinski definition) is 0. The smallest absolute Gasteiger partial charge is 0.405 e. The van der Waals surface area contributed by atoms with Crippen molar-refractivity contribution < 1.29 is 13.1 Å². The standard InChI is InChI=1S/C24H23BN3O/c1-16-14-27(4)23(12-20(16)18-8-6-5-7-9-18)28-15-21-19-11-10-17(2)26-24(19)29-22(21)13-25(28)3/h5-15H,1-4H3/q+1/i1D3. The zero-order valence-electron chi connectivity index (χ0n) is 19.7. The van der Waals surface area contributed by atoms with E-state index in [1.807, 2.05) is 67.1 Å². The quantitative estimate of drug-likeness (QED) is 0.394. The van der Waals surface area contributed by atoms with Crippen molar-refractivity contribution in [2.45, 2.75) is 20.6 Å². The van der Waals surface area contributed by atoms with Crippen molar-refractivity contribution in [1.82, 2.24) is 4.98 Å². The summed E-state index contributed by atoms with van der Waals surface area (Å²) in [5.74, 6) is 2.97. The summed E-state index contributed by atoms with van der Waals surface area (Å²) in [6, 6.07) is 15.6. The van der Waals surface area contributed by atoms with E-state index >= 15 is 0 Å². The fourth-order valence-corrected chi connectivity index (χ4v) is 3.95. The minimum atomic E-state index is -2.22. The summed E-state index contributed by atoms with van der Waals surface area (Å²) in [4.78, 5) is 6.67. The van der Waals surface area contributed by atoms with Gasteiger partial charge in [0.25, 0.3) is 5.82 Å². The van der Waals surface area contributed by atoms with Crippen LogP contribution in [0.3, 0.4) is 0 Å². The van der Waals surface area contributed by atoms with E-state index in [2.05, 4.69) is 28.8 Å². The van der Waals surface area contributed by atoms with Crippen molar-refractivity contribution >= 4 is 35.9 Å². The number of benzene rings is 1. The largest absolute Gasteiger partial charge is 0.439 e. The van der Waals surface area contributed by atoms with Gasteiger partial charge in [-0.1, -0.05) is 30.3 Å². The molecule has 3 aromatic heterocycles. The summed E-state index contributed by atoms with van der Waals surface area (Å²) >= 11 is 0. The topological polar surface area (TPSA) is 33.2 Å². The Labute approximate surface area is 174 Å². The maximum atomic E-state index is 8.07. The summed E-state index contributed by atoms with van der Waals surface area (Å²) in [5, 5.41) is 1.94. The first-order chi connectivity index (χ1) is 15.2. The Bertz CT molecular complexity index is 1460. The van der Waals surface area contributed by atoms with Crippen LogP contribution in [0.25, 0.3) is 34.4 Å². The molecule has 142 valence electrons. The molecule has 4 aromatic rings. The predicted octanol–water partition coefficient (Wildman–Crippen LogP) is 3.14. The summed E-state index contributed by atoms with van der Waals surface area (Å²) in [7, 11) is 1.88. The average molecular weight is 383 g/mol. The van der Waals surface area contributed by atoms with Crippen LogP contribution in [0.5, 0.6) is 0 Å². The van der Waals surface area contributed by atoms with Crippen LogP contribution in [0, 0.1) is 13.8 Å². The lowest BCUT2D eigenvalue weighted by molar-refractivity contribution is -0.658. The molecule has 0 N–H and O–H groups in total. The van der Waals surface area contributed by atoms with E-state index in [-0.39, 0.29) is 6.85 Å². The van der Waals surface area contributed by atoms with E-state index in [0.717, 1.165) is 33.1 Å². The van der Waals surface area contributed by atoms with Gasteiger partial charge in [-0.15, -0.1) is 0 Å². The highest BCUT2D eigenvalue weighted by atomic mass is 16.3. The van der Waals surface area contributed by atoms with Gasteiger partial charge >= 0.3 is 6.85 Å². The first kappa shape index (κ1) is 14.6. The molecule has 0 spiro atoms. The van der Waals surface area contributed by atoms with Gasteiger partial charge in [0.1, 0.15) is 5.42 Å². The van der Waals surface area contributed by atoms with Gasteiger partial charge in [-0.25, -0.2) is 9.55 Å². The number of aromatic nitrogens is 2. The van der Waals surface area contributed by atoms with Gasteiger partial charge < -0.3 is 4.42 Å². The number of aryl methyl sites for hydroxylation is 3. The third-order valence-corrected chi connectivity index (χ3v) is 5.46. The van der Waals surface area contributed by atoms with Crippen molar-refractivity contribution in [3.05, 3.63) is 76.6 Å². The summed E-state index contributed by atoms with van der Waals surface area (Å²) in [5.41, 5.74) is 4.27. The Balaban J connectivity index is 1.73. The van der Waals surface area contributed by atoms with Gasteiger partial charge in [0.15, 0.2) is 0 Å². The first-order valence-corrected chi connectivity index (χ1v) is 9.70. The molecule has 1 aliphatic rings. The number of nitrogens with zero attached hydrogens (tertiary/aromatic N) is 3. The fraction of sp³-hybridized carbons (Fsp3) is 0.167. The molecule has 0 amide bonds. The number of fused-ring (bicyclic) bond motifs is 3. The summed E-state index contributed by atoms with van der Waals surface area (Å²) in [6.07, 6.45) is 3.79. The molecule has 0 radical (unpaired) electrons. The zero-order valence-corrected chi connectivity index (χ0v) is 16.7. The van der Waals surface area contributed by atoms with Crippen LogP contribution in [-0.4, -0.2) is 11.8 Å². The molecule has 0 bridgehead atoms. The normalized spacial score (nSPS) is 15.2. The summed E-state index contributed by atoms with van der Waals surface area (Å²) < 4.78 is 32.1. The van der Waals surface area contributed by atoms with Crippen LogP contribution in [-0.2, 0) is 7.05 Å². The third kappa shape index (κ3) is 2.94. The van der Waals surface area contributed by atoms with Crippen LogP contribution in [0.4, 0.5) is 5.82 Å². The van der Waals surface area contributed by atoms with E-state index in [1.54, 1.807) is 6.20 Å². The van der Waals surface area contributed by atoms with E-state index in [4.69, 9.17) is 8.53 Å². The molecule has 5 heteroatoms. The van der Waals surface area contributed by atoms with Gasteiger partial charge in [0, 0.05) is 15.9 Å². The average Bonchev–Trinajstić information content (AvgIpc) is 3.09. The molecule has 1 aromatic carbocycles. The molecule has 0 saturated heterocycles. The van der Waals surface area contributed by atoms with Gasteiger partial charge in [0.05, 0.1) is 30.0 Å². The molecular weight excluding hydrogens is 357 g/mol. The second-order valence-electron chi connectivity index (χ2n) is 7.56. The minimum Gasteiger partial charge on any atom is -0.439 e. The van der Waals surface area contributed by atoms with Crippen LogP contribution < -0.4 is 20.0 Å². The molecule has 0 fully saturated rings. The van der Waals surface area contributed by atoms with Crippen LogP contribution in [0.1, 0.15) is 15.4 Å². The van der Waals surface area contributed by atoms with Crippen molar-refractivity contribution in [2.24, 2.45) is 7.05 Å². The number of hydrogen-bond acceptors (Lipinski definition) is 3. The predicted molar refractivity (Wildman–Crippen MR) is 119 cm³/mol. The second kappa shape index (κ2) is 6.62.